The van der Waals surface area contributed by atoms with Crippen LogP contribution in [0.25, 0.3) is 6.08 Å². The van der Waals surface area contributed by atoms with E-state index in [2.05, 4.69) is 30.3 Å². The molecule has 0 N–H and O–H groups in total. The van der Waals surface area contributed by atoms with Crippen molar-refractivity contribution in [3.05, 3.63) is 76.8 Å². The summed E-state index contributed by atoms with van der Waals surface area (Å²) in [5.74, 6) is 0.765. The Morgan fingerprint density at radius 2 is 1.83 bits per heavy atom. The summed E-state index contributed by atoms with van der Waals surface area (Å²) in [6.45, 7) is 1.69. The van der Waals surface area contributed by atoms with Gasteiger partial charge in [0.2, 0.25) is 5.91 Å². The molecule has 0 radical (unpaired) electrons. The Morgan fingerprint density at radius 3 is 2.54 bits per heavy atom. The predicted octanol–water partition coefficient (Wildman–Crippen LogP) is 4.83. The third-order valence-corrected chi connectivity index (χ3v) is 4.80. The van der Waals surface area contributed by atoms with E-state index in [9.17, 15) is 4.79 Å². The van der Waals surface area contributed by atoms with E-state index in [0.29, 0.717) is 10.9 Å². The molecule has 0 atom stereocenters. The minimum absolute atomic E-state index is 0.0909. The number of carbonyl (C=O) groups is 1. The fourth-order valence-electron chi connectivity index (χ4n) is 3.19. The van der Waals surface area contributed by atoms with Crippen LogP contribution in [0.15, 0.2) is 60.7 Å². The zero-order valence-electron chi connectivity index (χ0n) is 13.7. The number of piperidine rings is 1. The maximum Gasteiger partial charge on any atom is 0.246 e. The number of carbonyl (C=O) groups excluding carboxylic acids is 1. The van der Waals surface area contributed by atoms with Gasteiger partial charge < -0.3 is 4.90 Å². The first kappa shape index (κ1) is 16.8. The van der Waals surface area contributed by atoms with Crippen LogP contribution in [0.2, 0.25) is 5.02 Å². The van der Waals surface area contributed by atoms with E-state index in [1.165, 1.54) is 5.56 Å². The highest BCUT2D eigenvalue weighted by Gasteiger charge is 2.21. The Bertz CT molecular complexity index is 703. The summed E-state index contributed by atoms with van der Waals surface area (Å²) in [4.78, 5) is 14.3. The zero-order chi connectivity index (χ0) is 16.8. The second-order valence-electron chi connectivity index (χ2n) is 6.35. The van der Waals surface area contributed by atoms with E-state index in [4.69, 9.17) is 11.6 Å². The van der Waals surface area contributed by atoms with Crippen molar-refractivity contribution in [1.82, 2.24) is 4.90 Å². The standard InChI is InChI=1S/C21H22ClNO/c22-20-8-4-7-18(16-20)9-10-21(24)23-13-11-19(12-14-23)15-17-5-2-1-3-6-17/h1-10,16,19H,11-15H2/b10-9+. The van der Waals surface area contributed by atoms with Crippen molar-refractivity contribution in [2.24, 2.45) is 5.92 Å². The zero-order valence-corrected chi connectivity index (χ0v) is 14.5. The Kier molecular flexibility index (Phi) is 5.71. The number of halogens is 1. The first-order valence-electron chi connectivity index (χ1n) is 8.47. The van der Waals surface area contributed by atoms with Gasteiger partial charge in [0.05, 0.1) is 0 Å². The highest BCUT2D eigenvalue weighted by molar-refractivity contribution is 6.30. The summed E-state index contributed by atoms with van der Waals surface area (Å²) >= 11 is 5.96. The summed E-state index contributed by atoms with van der Waals surface area (Å²) in [6, 6.07) is 18.1. The number of rotatable bonds is 4. The van der Waals surface area contributed by atoms with Crippen LogP contribution >= 0.6 is 11.6 Å². The molecule has 2 aromatic carbocycles. The van der Waals surface area contributed by atoms with E-state index in [-0.39, 0.29) is 5.91 Å². The van der Waals surface area contributed by atoms with Crippen molar-refractivity contribution in [3.63, 3.8) is 0 Å². The summed E-state index contributed by atoms with van der Waals surface area (Å²) in [7, 11) is 0. The lowest BCUT2D eigenvalue weighted by atomic mass is 9.90. The molecule has 3 heteroatoms. The van der Waals surface area contributed by atoms with Crippen LogP contribution in [0.5, 0.6) is 0 Å². The Balaban J connectivity index is 1.50. The number of benzene rings is 2. The fourth-order valence-corrected chi connectivity index (χ4v) is 3.39. The number of hydrogen-bond donors (Lipinski definition) is 0. The molecule has 1 amide bonds. The first-order valence-corrected chi connectivity index (χ1v) is 8.85. The van der Waals surface area contributed by atoms with Crippen LogP contribution in [0.1, 0.15) is 24.0 Å². The molecule has 1 heterocycles. The molecule has 3 rings (SSSR count). The van der Waals surface area contributed by atoms with Crippen LogP contribution in [0.3, 0.4) is 0 Å². The lowest BCUT2D eigenvalue weighted by molar-refractivity contribution is -0.127. The molecule has 1 aliphatic rings. The molecule has 1 aliphatic heterocycles. The third-order valence-electron chi connectivity index (χ3n) is 4.56. The van der Waals surface area contributed by atoms with Crippen molar-refractivity contribution in [3.8, 4) is 0 Å². The SMILES string of the molecule is O=C(/C=C/c1cccc(Cl)c1)N1CCC(Cc2ccccc2)CC1. The van der Waals surface area contributed by atoms with Gasteiger partial charge in [0.15, 0.2) is 0 Å². The smallest absolute Gasteiger partial charge is 0.246 e. The molecule has 124 valence electrons. The molecule has 1 fully saturated rings. The Labute approximate surface area is 148 Å². The van der Waals surface area contributed by atoms with Crippen LogP contribution < -0.4 is 0 Å². The lowest BCUT2D eigenvalue weighted by Gasteiger charge is -2.31. The molecule has 1 saturated heterocycles. The van der Waals surface area contributed by atoms with Gasteiger partial charge >= 0.3 is 0 Å². The van der Waals surface area contributed by atoms with Crippen LogP contribution in [-0.4, -0.2) is 23.9 Å². The average molecular weight is 340 g/mol. The Morgan fingerprint density at radius 1 is 1.08 bits per heavy atom. The van der Waals surface area contributed by atoms with Crippen LogP contribution in [0, 0.1) is 5.92 Å². The highest BCUT2D eigenvalue weighted by Crippen LogP contribution is 2.22. The monoisotopic (exact) mass is 339 g/mol. The first-order chi connectivity index (χ1) is 11.7. The van der Waals surface area contributed by atoms with Gasteiger partial charge in [-0.25, -0.2) is 0 Å². The van der Waals surface area contributed by atoms with Gasteiger partial charge in [-0.15, -0.1) is 0 Å². The van der Waals surface area contributed by atoms with Gasteiger partial charge in [-0.05, 0) is 54.5 Å². The number of likely N-dealkylation sites (tertiary alicyclic amines) is 1. The van der Waals surface area contributed by atoms with Crippen LogP contribution in [-0.2, 0) is 11.2 Å². The molecule has 0 aromatic heterocycles. The number of nitrogens with zero attached hydrogens (tertiary/aromatic N) is 1. The second-order valence-corrected chi connectivity index (χ2v) is 6.78. The van der Waals surface area contributed by atoms with Crippen molar-refractivity contribution < 1.29 is 4.79 Å². The van der Waals surface area contributed by atoms with Gasteiger partial charge in [0.1, 0.15) is 0 Å². The van der Waals surface area contributed by atoms with E-state index in [1.807, 2.05) is 35.2 Å². The molecule has 0 aliphatic carbocycles. The average Bonchev–Trinajstić information content (AvgIpc) is 2.61. The van der Waals surface area contributed by atoms with Crippen LogP contribution in [0.4, 0.5) is 0 Å². The maximum absolute atomic E-state index is 12.3. The Hall–Kier alpha value is -2.06. The van der Waals surface area contributed by atoms with Crippen molar-refractivity contribution in [2.75, 3.05) is 13.1 Å². The van der Waals surface area contributed by atoms with E-state index >= 15 is 0 Å². The molecule has 0 bridgehead atoms. The van der Waals surface area contributed by atoms with Gasteiger partial charge in [-0.3, -0.25) is 4.79 Å². The molecule has 0 spiro atoms. The largest absolute Gasteiger partial charge is 0.339 e. The van der Waals surface area contributed by atoms with E-state index < -0.39 is 0 Å². The van der Waals surface area contributed by atoms with Crippen molar-refractivity contribution >= 4 is 23.6 Å². The lowest BCUT2D eigenvalue weighted by Crippen LogP contribution is -2.37. The summed E-state index contributed by atoms with van der Waals surface area (Å²) < 4.78 is 0. The molecular weight excluding hydrogens is 318 g/mol. The molecule has 2 aromatic rings. The third kappa shape index (κ3) is 4.72. The molecule has 0 unspecified atom stereocenters. The summed E-state index contributed by atoms with van der Waals surface area (Å²) in [5, 5.41) is 0.686. The minimum Gasteiger partial charge on any atom is -0.339 e. The topological polar surface area (TPSA) is 20.3 Å². The quantitative estimate of drug-likeness (QED) is 0.730. The molecule has 24 heavy (non-hydrogen) atoms. The minimum atomic E-state index is 0.0909. The normalized spacial score (nSPS) is 15.8. The molecular formula is C21H22ClNO. The van der Waals surface area contributed by atoms with Gasteiger partial charge in [0.25, 0.3) is 0 Å². The summed E-state index contributed by atoms with van der Waals surface area (Å²) in [6.07, 6.45) is 6.76. The highest BCUT2D eigenvalue weighted by atomic mass is 35.5. The fraction of sp³-hybridized carbons (Fsp3) is 0.286. The second kappa shape index (κ2) is 8.16. The van der Waals surface area contributed by atoms with Gasteiger partial charge in [-0.2, -0.15) is 0 Å². The molecule has 2 nitrogen and oxygen atoms in total. The van der Waals surface area contributed by atoms with Gasteiger partial charge in [0, 0.05) is 24.2 Å². The van der Waals surface area contributed by atoms with Crippen molar-refractivity contribution in [2.45, 2.75) is 19.3 Å². The number of hydrogen-bond acceptors (Lipinski definition) is 1. The number of amides is 1. The van der Waals surface area contributed by atoms with E-state index in [1.54, 1.807) is 6.08 Å². The van der Waals surface area contributed by atoms with Gasteiger partial charge in [-0.1, -0.05) is 54.1 Å². The predicted molar refractivity (Wildman–Crippen MR) is 99.9 cm³/mol. The molecule has 0 saturated carbocycles. The maximum atomic E-state index is 12.3. The van der Waals surface area contributed by atoms with E-state index in [0.717, 1.165) is 37.9 Å². The summed E-state index contributed by atoms with van der Waals surface area (Å²) in [5.41, 5.74) is 2.35. The van der Waals surface area contributed by atoms with Crippen molar-refractivity contribution in [1.29, 1.82) is 0 Å².